The van der Waals surface area contributed by atoms with E-state index >= 15 is 4.39 Å². The van der Waals surface area contributed by atoms with Gasteiger partial charge in [0, 0.05) is 29.7 Å². The Morgan fingerprint density at radius 3 is 2.38 bits per heavy atom. The van der Waals surface area contributed by atoms with Gasteiger partial charge in [0.05, 0.1) is 30.9 Å². The molecule has 2 aromatic heterocycles. The van der Waals surface area contributed by atoms with Crippen molar-refractivity contribution in [2.45, 2.75) is 30.4 Å². The van der Waals surface area contributed by atoms with Crippen molar-refractivity contribution in [1.29, 1.82) is 0 Å². The van der Waals surface area contributed by atoms with Crippen LogP contribution in [-0.2, 0) is 27.4 Å². The molecule has 1 saturated heterocycles. The van der Waals surface area contributed by atoms with E-state index in [2.05, 4.69) is 20.1 Å². The smallest absolute Gasteiger partial charge is 0.374 e. The lowest BCUT2D eigenvalue weighted by Crippen LogP contribution is -2.59. The normalized spacial score (nSPS) is 20.8. The van der Waals surface area contributed by atoms with E-state index in [1.807, 2.05) is 0 Å². The number of carbonyl (C=O) groups excluding carboxylic acids is 1. The summed E-state index contributed by atoms with van der Waals surface area (Å²) in [4.78, 5) is 22.2. The number of alkyl halides is 4. The van der Waals surface area contributed by atoms with Crippen LogP contribution in [0.5, 0.6) is 0 Å². The molecule has 0 saturated carbocycles. The SMILES string of the molecule is O=C(Cn1cccn1)N1CC(F)(c2ccc(C3=NOC(c4cc(F)c(F)c(F)c4)(C(F)(F)F)C3)cn2)C1. The third-order valence-electron chi connectivity index (χ3n) is 6.28. The topological polar surface area (TPSA) is 72.6 Å². The van der Waals surface area contributed by atoms with Crippen molar-refractivity contribution in [2.24, 2.45) is 5.16 Å². The maximum atomic E-state index is 15.3. The molecule has 0 spiro atoms. The third-order valence-corrected chi connectivity index (χ3v) is 6.28. The largest absolute Gasteiger partial charge is 0.435 e. The van der Waals surface area contributed by atoms with Gasteiger partial charge in [-0.1, -0.05) is 5.16 Å². The molecular formula is C23H16F7N5O2. The molecule has 0 radical (unpaired) electrons. The first-order chi connectivity index (χ1) is 17.4. The lowest BCUT2D eigenvalue weighted by molar-refractivity contribution is -0.276. The number of hydrogen-bond donors (Lipinski definition) is 0. The monoisotopic (exact) mass is 527 g/mol. The molecule has 7 nitrogen and oxygen atoms in total. The van der Waals surface area contributed by atoms with E-state index in [0.717, 1.165) is 6.20 Å². The quantitative estimate of drug-likeness (QED) is 0.372. The number of hydrogen-bond acceptors (Lipinski definition) is 5. The molecule has 37 heavy (non-hydrogen) atoms. The van der Waals surface area contributed by atoms with Gasteiger partial charge >= 0.3 is 6.18 Å². The predicted octanol–water partition coefficient (Wildman–Crippen LogP) is 3.98. The Labute approximate surface area is 204 Å². The van der Waals surface area contributed by atoms with Crippen molar-refractivity contribution >= 4 is 11.6 Å². The summed E-state index contributed by atoms with van der Waals surface area (Å²) in [5, 5.41) is 7.36. The second kappa shape index (κ2) is 8.56. The molecule has 2 aliphatic rings. The van der Waals surface area contributed by atoms with E-state index in [1.54, 1.807) is 12.3 Å². The van der Waals surface area contributed by atoms with E-state index in [9.17, 15) is 31.1 Å². The Hall–Kier alpha value is -3.97. The van der Waals surface area contributed by atoms with Crippen LogP contribution in [0.4, 0.5) is 30.7 Å². The van der Waals surface area contributed by atoms with Crippen molar-refractivity contribution in [2.75, 3.05) is 13.1 Å². The van der Waals surface area contributed by atoms with E-state index in [-0.39, 0.29) is 54.6 Å². The predicted molar refractivity (Wildman–Crippen MR) is 112 cm³/mol. The number of aromatic nitrogens is 3. The maximum absolute atomic E-state index is 15.3. The highest BCUT2D eigenvalue weighted by Crippen LogP contribution is 2.49. The number of amides is 1. The van der Waals surface area contributed by atoms with Gasteiger partial charge in [-0.2, -0.15) is 18.3 Å². The van der Waals surface area contributed by atoms with Crippen LogP contribution in [0.15, 0.2) is 54.1 Å². The number of halogens is 7. The van der Waals surface area contributed by atoms with E-state index in [0.29, 0.717) is 0 Å². The summed E-state index contributed by atoms with van der Waals surface area (Å²) in [5.74, 6) is -5.89. The zero-order valence-electron chi connectivity index (χ0n) is 18.6. The van der Waals surface area contributed by atoms with Crippen molar-refractivity contribution in [1.82, 2.24) is 19.7 Å². The fourth-order valence-electron chi connectivity index (χ4n) is 4.21. The summed E-state index contributed by atoms with van der Waals surface area (Å²) in [5.41, 5.74) is -6.47. The number of carbonyl (C=O) groups is 1. The van der Waals surface area contributed by atoms with Crippen molar-refractivity contribution in [3.05, 3.63) is 83.2 Å². The standard InChI is InChI=1S/C23H16F7N5O2/c24-15-6-14(7-16(25)20(15)26)22(23(28,29)30)8-17(33-37-22)13-2-3-18(31-9-13)21(27)11-34(12-21)19(36)10-35-5-1-4-32-35/h1-7,9H,8,10-12H2. The number of likely N-dealkylation sites (tertiary alicyclic amines) is 1. The lowest BCUT2D eigenvalue weighted by atomic mass is 9.86. The van der Waals surface area contributed by atoms with Crippen LogP contribution < -0.4 is 0 Å². The molecule has 4 heterocycles. The molecule has 194 valence electrons. The van der Waals surface area contributed by atoms with Crippen molar-refractivity contribution in [3.63, 3.8) is 0 Å². The highest BCUT2D eigenvalue weighted by molar-refractivity contribution is 6.01. The van der Waals surface area contributed by atoms with Gasteiger partial charge in [-0.3, -0.25) is 14.5 Å². The highest BCUT2D eigenvalue weighted by Gasteiger charge is 2.62. The highest BCUT2D eigenvalue weighted by atomic mass is 19.4. The molecule has 2 aliphatic heterocycles. The second-order valence-corrected chi connectivity index (χ2v) is 8.74. The number of nitrogens with zero attached hydrogens (tertiary/aromatic N) is 5. The first kappa shape index (κ1) is 24.7. The summed E-state index contributed by atoms with van der Waals surface area (Å²) in [6.07, 6.45) is -1.98. The molecule has 14 heteroatoms. The van der Waals surface area contributed by atoms with E-state index < -0.39 is 46.9 Å². The summed E-state index contributed by atoms with van der Waals surface area (Å²) in [6, 6.07) is 4.57. The average Bonchev–Trinajstić information content (AvgIpc) is 3.51. The summed E-state index contributed by atoms with van der Waals surface area (Å²) < 4.78 is 99.4. The van der Waals surface area contributed by atoms with Crippen molar-refractivity contribution in [3.8, 4) is 0 Å². The van der Waals surface area contributed by atoms with Gasteiger partial charge in [0.1, 0.15) is 6.54 Å². The summed E-state index contributed by atoms with van der Waals surface area (Å²) in [6.45, 7) is -0.581. The molecule has 1 unspecified atom stereocenters. The minimum Gasteiger partial charge on any atom is -0.374 e. The Morgan fingerprint density at radius 1 is 1.11 bits per heavy atom. The number of rotatable bonds is 5. The van der Waals surface area contributed by atoms with E-state index in [4.69, 9.17) is 0 Å². The number of benzene rings is 1. The summed E-state index contributed by atoms with van der Waals surface area (Å²) in [7, 11) is 0. The van der Waals surface area contributed by atoms with E-state index in [1.165, 1.54) is 27.9 Å². The molecule has 3 aromatic rings. The molecule has 1 amide bonds. The van der Waals surface area contributed by atoms with Gasteiger partial charge in [0.25, 0.3) is 5.60 Å². The first-order valence-corrected chi connectivity index (χ1v) is 10.8. The van der Waals surface area contributed by atoms with Gasteiger partial charge in [0.15, 0.2) is 23.1 Å². The Bertz CT molecular complexity index is 1350. The van der Waals surface area contributed by atoms with Gasteiger partial charge in [-0.15, -0.1) is 0 Å². The van der Waals surface area contributed by atoms with Crippen LogP contribution in [-0.4, -0.2) is 50.5 Å². The van der Waals surface area contributed by atoms with Crippen LogP contribution in [0.25, 0.3) is 0 Å². The summed E-state index contributed by atoms with van der Waals surface area (Å²) >= 11 is 0. The van der Waals surface area contributed by atoms with Crippen molar-refractivity contribution < 1.29 is 40.4 Å². The van der Waals surface area contributed by atoms with Crippen LogP contribution in [0.3, 0.4) is 0 Å². The molecule has 0 N–H and O–H groups in total. The zero-order valence-corrected chi connectivity index (χ0v) is 18.6. The Balaban J connectivity index is 1.31. The fourth-order valence-corrected chi connectivity index (χ4v) is 4.21. The van der Waals surface area contributed by atoms with Gasteiger partial charge in [-0.25, -0.2) is 17.6 Å². The first-order valence-electron chi connectivity index (χ1n) is 10.8. The third kappa shape index (κ3) is 4.19. The molecule has 1 aromatic carbocycles. The molecular weight excluding hydrogens is 511 g/mol. The Morgan fingerprint density at radius 2 is 1.81 bits per heavy atom. The van der Waals surface area contributed by atoms with Crippen LogP contribution in [0.1, 0.15) is 23.2 Å². The molecule has 0 aliphatic carbocycles. The Kier molecular flexibility index (Phi) is 5.72. The second-order valence-electron chi connectivity index (χ2n) is 8.74. The minimum atomic E-state index is -5.18. The van der Waals surface area contributed by atoms with Crippen LogP contribution >= 0.6 is 0 Å². The maximum Gasteiger partial charge on any atom is 0.435 e. The van der Waals surface area contributed by atoms with Gasteiger partial charge < -0.3 is 9.74 Å². The minimum absolute atomic E-state index is 0.0383. The zero-order chi connectivity index (χ0) is 26.6. The fraction of sp³-hybridized carbons (Fsp3) is 0.304. The van der Waals surface area contributed by atoms with Gasteiger partial charge in [0.2, 0.25) is 5.91 Å². The number of oxime groups is 1. The molecule has 1 atom stereocenters. The number of pyridine rings is 1. The van der Waals surface area contributed by atoms with Crippen LogP contribution in [0, 0.1) is 17.5 Å². The van der Waals surface area contributed by atoms with Crippen LogP contribution in [0.2, 0.25) is 0 Å². The lowest BCUT2D eigenvalue weighted by Gasteiger charge is -2.43. The van der Waals surface area contributed by atoms with Gasteiger partial charge in [-0.05, 0) is 30.3 Å². The average molecular weight is 527 g/mol. The molecule has 0 bridgehead atoms. The molecule has 1 fully saturated rings. The molecule has 5 rings (SSSR count).